The van der Waals surface area contributed by atoms with E-state index in [0.29, 0.717) is 19.1 Å². The summed E-state index contributed by atoms with van der Waals surface area (Å²) >= 11 is 1.84. The molecular formula is C15H20O4S. The third-order valence-electron chi connectivity index (χ3n) is 3.35. The highest BCUT2D eigenvalue weighted by Crippen LogP contribution is 2.25. The van der Waals surface area contributed by atoms with E-state index < -0.39 is 11.8 Å². The molecule has 1 aromatic carbocycles. The van der Waals surface area contributed by atoms with Crippen LogP contribution in [0.25, 0.3) is 0 Å². The average molecular weight is 296 g/mol. The Morgan fingerprint density at radius 3 is 2.60 bits per heavy atom. The summed E-state index contributed by atoms with van der Waals surface area (Å²) in [4.78, 5) is 12.2. The van der Waals surface area contributed by atoms with Gasteiger partial charge in [0.15, 0.2) is 0 Å². The van der Waals surface area contributed by atoms with Crippen LogP contribution in [-0.4, -0.2) is 35.8 Å². The molecule has 1 fully saturated rings. The van der Waals surface area contributed by atoms with Crippen molar-refractivity contribution in [2.24, 2.45) is 5.92 Å². The second-order valence-corrected chi connectivity index (χ2v) is 6.21. The minimum atomic E-state index is -1.46. The van der Waals surface area contributed by atoms with Gasteiger partial charge < -0.3 is 14.6 Å². The van der Waals surface area contributed by atoms with E-state index in [9.17, 15) is 4.79 Å². The van der Waals surface area contributed by atoms with Gasteiger partial charge in [0.2, 0.25) is 0 Å². The quantitative estimate of drug-likeness (QED) is 0.646. The standard InChI is InChI=1S/C15H20O4S/c1-15(14(16)17)18-10-12(11-19-15)6-5-9-20-13-7-3-2-4-8-13/h2-4,7-8,12H,5-6,9-11H2,1H3,(H,16,17). The molecule has 0 saturated carbocycles. The molecule has 2 rings (SSSR count). The number of hydrogen-bond acceptors (Lipinski definition) is 4. The van der Waals surface area contributed by atoms with Gasteiger partial charge in [0.1, 0.15) is 0 Å². The number of carboxylic acids is 1. The van der Waals surface area contributed by atoms with E-state index in [4.69, 9.17) is 14.6 Å². The molecule has 1 aromatic rings. The monoisotopic (exact) mass is 296 g/mol. The Morgan fingerprint density at radius 2 is 2.00 bits per heavy atom. The van der Waals surface area contributed by atoms with Crippen molar-refractivity contribution in [3.63, 3.8) is 0 Å². The van der Waals surface area contributed by atoms with Crippen LogP contribution < -0.4 is 0 Å². The number of ether oxygens (including phenoxy) is 2. The molecule has 110 valence electrons. The zero-order valence-corrected chi connectivity index (χ0v) is 12.4. The first kappa shape index (κ1) is 15.4. The average Bonchev–Trinajstić information content (AvgIpc) is 2.46. The third-order valence-corrected chi connectivity index (χ3v) is 4.44. The molecule has 0 bridgehead atoms. The maximum atomic E-state index is 10.9. The van der Waals surface area contributed by atoms with Crippen LogP contribution in [0, 0.1) is 5.92 Å². The van der Waals surface area contributed by atoms with E-state index in [1.54, 1.807) is 0 Å². The van der Waals surface area contributed by atoms with Crippen LogP contribution in [0.2, 0.25) is 0 Å². The van der Waals surface area contributed by atoms with E-state index in [2.05, 4.69) is 12.1 Å². The molecule has 0 aromatic heterocycles. The molecule has 1 saturated heterocycles. The topological polar surface area (TPSA) is 55.8 Å². The van der Waals surface area contributed by atoms with Gasteiger partial charge in [0.25, 0.3) is 5.79 Å². The van der Waals surface area contributed by atoms with Gasteiger partial charge in [-0.25, -0.2) is 4.79 Å². The van der Waals surface area contributed by atoms with Crippen LogP contribution in [0.4, 0.5) is 0 Å². The molecule has 1 heterocycles. The van der Waals surface area contributed by atoms with Crippen LogP contribution in [0.5, 0.6) is 0 Å². The van der Waals surface area contributed by atoms with Gasteiger partial charge in [-0.1, -0.05) is 18.2 Å². The van der Waals surface area contributed by atoms with Crippen LogP contribution in [0.1, 0.15) is 19.8 Å². The highest BCUT2D eigenvalue weighted by atomic mass is 32.2. The maximum absolute atomic E-state index is 10.9. The summed E-state index contributed by atoms with van der Waals surface area (Å²) < 4.78 is 10.7. The van der Waals surface area contributed by atoms with Gasteiger partial charge in [0, 0.05) is 17.7 Å². The summed E-state index contributed by atoms with van der Waals surface area (Å²) in [6.45, 7) is 2.37. The van der Waals surface area contributed by atoms with Crippen molar-refractivity contribution in [2.45, 2.75) is 30.4 Å². The Balaban J connectivity index is 1.63. The van der Waals surface area contributed by atoms with Crippen molar-refractivity contribution in [1.82, 2.24) is 0 Å². The Hall–Kier alpha value is -1.04. The molecule has 0 aliphatic carbocycles. The molecule has 1 aliphatic heterocycles. The fraction of sp³-hybridized carbons (Fsp3) is 0.533. The van der Waals surface area contributed by atoms with Crippen LogP contribution in [-0.2, 0) is 14.3 Å². The summed E-state index contributed by atoms with van der Waals surface area (Å²) in [5, 5.41) is 8.97. The number of carboxylic acid groups (broad SMARTS) is 1. The Morgan fingerprint density at radius 1 is 1.35 bits per heavy atom. The highest BCUT2D eigenvalue weighted by Gasteiger charge is 2.40. The molecule has 20 heavy (non-hydrogen) atoms. The van der Waals surface area contributed by atoms with E-state index in [1.807, 2.05) is 30.0 Å². The van der Waals surface area contributed by atoms with Crippen molar-refractivity contribution >= 4 is 17.7 Å². The van der Waals surface area contributed by atoms with Crippen molar-refractivity contribution in [1.29, 1.82) is 0 Å². The fourth-order valence-electron chi connectivity index (χ4n) is 2.01. The normalized spacial score (nSPS) is 26.4. The van der Waals surface area contributed by atoms with Crippen molar-refractivity contribution < 1.29 is 19.4 Å². The summed E-state index contributed by atoms with van der Waals surface area (Å²) in [6.07, 6.45) is 2.07. The minimum Gasteiger partial charge on any atom is -0.477 e. The first-order valence-electron chi connectivity index (χ1n) is 6.79. The number of aliphatic carboxylic acids is 1. The Bertz CT molecular complexity index is 427. The second-order valence-electron chi connectivity index (χ2n) is 5.04. The summed E-state index contributed by atoms with van der Waals surface area (Å²) in [6, 6.07) is 10.3. The number of hydrogen-bond donors (Lipinski definition) is 1. The number of benzene rings is 1. The van der Waals surface area contributed by atoms with Crippen molar-refractivity contribution in [3.8, 4) is 0 Å². The van der Waals surface area contributed by atoms with Gasteiger partial charge in [-0.05, 0) is 30.7 Å². The van der Waals surface area contributed by atoms with Crippen LogP contribution in [0.3, 0.4) is 0 Å². The highest BCUT2D eigenvalue weighted by molar-refractivity contribution is 7.99. The zero-order valence-electron chi connectivity index (χ0n) is 11.6. The SMILES string of the molecule is CC1(C(=O)O)OCC(CCCSc2ccccc2)CO1. The van der Waals surface area contributed by atoms with E-state index in [-0.39, 0.29) is 0 Å². The van der Waals surface area contributed by atoms with Crippen molar-refractivity contribution in [2.75, 3.05) is 19.0 Å². The lowest BCUT2D eigenvalue weighted by Gasteiger charge is -2.34. The van der Waals surface area contributed by atoms with Gasteiger partial charge in [0.05, 0.1) is 13.2 Å². The molecule has 0 spiro atoms. The molecule has 5 heteroatoms. The fourth-order valence-corrected chi connectivity index (χ4v) is 2.91. The van der Waals surface area contributed by atoms with Crippen molar-refractivity contribution in [3.05, 3.63) is 30.3 Å². The Labute approximate surface area is 123 Å². The maximum Gasteiger partial charge on any atom is 0.364 e. The molecule has 1 N–H and O–H groups in total. The lowest BCUT2D eigenvalue weighted by Crippen LogP contribution is -2.47. The molecule has 0 unspecified atom stereocenters. The second kappa shape index (κ2) is 7.11. The summed E-state index contributed by atoms with van der Waals surface area (Å²) in [7, 11) is 0. The molecule has 4 nitrogen and oxygen atoms in total. The van der Waals surface area contributed by atoms with Crippen LogP contribution in [0.15, 0.2) is 35.2 Å². The lowest BCUT2D eigenvalue weighted by atomic mass is 10.0. The number of rotatable bonds is 6. The van der Waals surface area contributed by atoms with Gasteiger partial charge >= 0.3 is 5.97 Å². The first-order chi connectivity index (χ1) is 9.60. The smallest absolute Gasteiger partial charge is 0.364 e. The van der Waals surface area contributed by atoms with E-state index in [1.165, 1.54) is 11.8 Å². The summed E-state index contributed by atoms with van der Waals surface area (Å²) in [5.41, 5.74) is 0. The van der Waals surface area contributed by atoms with E-state index >= 15 is 0 Å². The van der Waals surface area contributed by atoms with Gasteiger partial charge in [-0.2, -0.15) is 0 Å². The number of thioether (sulfide) groups is 1. The molecule has 0 atom stereocenters. The van der Waals surface area contributed by atoms with Gasteiger partial charge in [-0.15, -0.1) is 11.8 Å². The molecule has 1 aliphatic rings. The minimum absolute atomic E-state index is 0.291. The largest absolute Gasteiger partial charge is 0.477 e. The number of carbonyl (C=O) groups is 1. The first-order valence-corrected chi connectivity index (χ1v) is 7.78. The zero-order chi connectivity index (χ0) is 14.4. The molecule has 0 amide bonds. The predicted molar refractivity (Wildman–Crippen MR) is 77.8 cm³/mol. The predicted octanol–water partition coefficient (Wildman–Crippen LogP) is 3.02. The lowest BCUT2D eigenvalue weighted by molar-refractivity contribution is -0.271. The molecular weight excluding hydrogens is 276 g/mol. The third kappa shape index (κ3) is 4.23. The van der Waals surface area contributed by atoms with Gasteiger partial charge in [-0.3, -0.25) is 0 Å². The van der Waals surface area contributed by atoms with Crippen LogP contribution >= 0.6 is 11.8 Å². The Kier molecular flexibility index (Phi) is 5.46. The molecule has 0 radical (unpaired) electrons. The van der Waals surface area contributed by atoms with E-state index in [0.717, 1.165) is 18.6 Å². The summed E-state index contributed by atoms with van der Waals surface area (Å²) in [5.74, 6) is -1.18.